The monoisotopic (exact) mass is 248 g/mol. The van der Waals surface area contributed by atoms with Gasteiger partial charge < -0.3 is 14.3 Å². The highest BCUT2D eigenvalue weighted by atomic mass is 16.5. The van der Waals surface area contributed by atoms with E-state index in [0.29, 0.717) is 30.1 Å². The van der Waals surface area contributed by atoms with Crippen molar-refractivity contribution in [2.75, 3.05) is 20.1 Å². The molecule has 1 aliphatic heterocycles. The highest BCUT2D eigenvalue weighted by molar-refractivity contribution is 5.44. The van der Waals surface area contributed by atoms with Gasteiger partial charge >= 0.3 is 0 Å². The van der Waals surface area contributed by atoms with Gasteiger partial charge in [0.1, 0.15) is 0 Å². The molecule has 3 rings (SSSR count). The van der Waals surface area contributed by atoms with Crippen molar-refractivity contribution >= 4 is 0 Å². The van der Waals surface area contributed by atoms with Gasteiger partial charge in [0.2, 0.25) is 11.7 Å². The van der Waals surface area contributed by atoms with Crippen molar-refractivity contribution < 1.29 is 8.94 Å². The molecule has 0 aromatic carbocycles. The van der Waals surface area contributed by atoms with Gasteiger partial charge in [0, 0.05) is 19.1 Å². The van der Waals surface area contributed by atoms with Crippen molar-refractivity contribution in [3.63, 3.8) is 0 Å². The minimum absolute atomic E-state index is 0.513. The van der Waals surface area contributed by atoms with Crippen LogP contribution in [0.15, 0.2) is 27.3 Å². The number of nitrogens with zero attached hydrogens (tertiary/aromatic N) is 3. The molecule has 0 amide bonds. The van der Waals surface area contributed by atoms with Crippen LogP contribution in [0.2, 0.25) is 0 Å². The third-order valence-corrected chi connectivity index (χ3v) is 3.25. The Balaban J connectivity index is 1.64. The molecule has 1 N–H and O–H groups in total. The summed E-state index contributed by atoms with van der Waals surface area (Å²) in [5.74, 6) is 1.79. The van der Waals surface area contributed by atoms with Crippen LogP contribution in [0.1, 0.15) is 12.3 Å². The molecule has 3 heterocycles. The predicted molar refractivity (Wildman–Crippen MR) is 64.7 cm³/mol. The van der Waals surface area contributed by atoms with Crippen LogP contribution < -0.4 is 5.32 Å². The number of furan rings is 1. The van der Waals surface area contributed by atoms with Gasteiger partial charge in [0.25, 0.3) is 0 Å². The van der Waals surface area contributed by atoms with E-state index in [-0.39, 0.29) is 0 Å². The Bertz CT molecular complexity index is 494. The largest absolute Gasteiger partial charge is 0.461 e. The molecule has 96 valence electrons. The summed E-state index contributed by atoms with van der Waals surface area (Å²) in [6, 6.07) is 4.20. The van der Waals surface area contributed by atoms with Gasteiger partial charge in [0.15, 0.2) is 5.76 Å². The Hall–Kier alpha value is -1.66. The van der Waals surface area contributed by atoms with E-state index in [0.717, 1.165) is 19.5 Å². The van der Waals surface area contributed by atoms with Crippen LogP contribution in [0, 0.1) is 0 Å². The van der Waals surface area contributed by atoms with Gasteiger partial charge in [0.05, 0.1) is 12.8 Å². The van der Waals surface area contributed by atoms with Crippen LogP contribution in [0.4, 0.5) is 0 Å². The number of likely N-dealkylation sites (tertiary alicyclic amines) is 1. The van der Waals surface area contributed by atoms with E-state index in [1.54, 1.807) is 6.26 Å². The van der Waals surface area contributed by atoms with Crippen molar-refractivity contribution in [2.45, 2.75) is 19.0 Å². The Morgan fingerprint density at radius 1 is 1.56 bits per heavy atom. The first-order chi connectivity index (χ1) is 8.85. The maximum Gasteiger partial charge on any atom is 0.241 e. The van der Waals surface area contributed by atoms with E-state index < -0.39 is 0 Å². The lowest BCUT2D eigenvalue weighted by molar-refractivity contribution is 0.263. The fourth-order valence-electron chi connectivity index (χ4n) is 2.23. The molecular formula is C12H16N4O2. The number of hydrogen-bond acceptors (Lipinski definition) is 6. The minimum Gasteiger partial charge on any atom is -0.461 e. The number of rotatable bonds is 4. The molecule has 1 atom stereocenters. The molecule has 0 saturated carbocycles. The Kier molecular flexibility index (Phi) is 3.12. The van der Waals surface area contributed by atoms with Crippen molar-refractivity contribution in [3.05, 3.63) is 24.3 Å². The topological polar surface area (TPSA) is 67.3 Å². The maximum absolute atomic E-state index is 5.24. The maximum atomic E-state index is 5.24. The van der Waals surface area contributed by atoms with Gasteiger partial charge in [-0.25, -0.2) is 0 Å². The van der Waals surface area contributed by atoms with Gasteiger partial charge in [-0.15, -0.1) is 0 Å². The molecule has 1 saturated heterocycles. The predicted octanol–water partition coefficient (Wildman–Crippen LogP) is 1.12. The second-order valence-electron chi connectivity index (χ2n) is 4.50. The summed E-state index contributed by atoms with van der Waals surface area (Å²) in [7, 11) is 2.00. The van der Waals surface area contributed by atoms with Gasteiger partial charge in [-0.3, -0.25) is 4.90 Å². The van der Waals surface area contributed by atoms with Gasteiger partial charge in [-0.2, -0.15) is 4.98 Å². The lowest BCUT2D eigenvalue weighted by atomic mass is 10.3. The molecular weight excluding hydrogens is 232 g/mol. The molecule has 6 nitrogen and oxygen atoms in total. The summed E-state index contributed by atoms with van der Waals surface area (Å²) < 4.78 is 10.5. The van der Waals surface area contributed by atoms with Crippen molar-refractivity contribution in [1.82, 2.24) is 20.4 Å². The fourth-order valence-corrected chi connectivity index (χ4v) is 2.23. The van der Waals surface area contributed by atoms with Crippen LogP contribution in [0.5, 0.6) is 0 Å². The molecule has 0 bridgehead atoms. The number of likely N-dealkylation sites (N-methyl/N-ethyl adjacent to an activating group) is 1. The first-order valence-electron chi connectivity index (χ1n) is 6.11. The highest BCUT2D eigenvalue weighted by Crippen LogP contribution is 2.17. The quantitative estimate of drug-likeness (QED) is 0.874. The molecule has 2 aromatic heterocycles. The van der Waals surface area contributed by atoms with Crippen LogP contribution >= 0.6 is 0 Å². The molecule has 0 spiro atoms. The minimum atomic E-state index is 0.513. The Labute approximate surface area is 105 Å². The lowest BCUT2D eigenvalue weighted by Gasteiger charge is -2.12. The van der Waals surface area contributed by atoms with Crippen molar-refractivity contribution in [1.29, 1.82) is 0 Å². The summed E-state index contributed by atoms with van der Waals surface area (Å²) in [6.07, 6.45) is 2.76. The molecule has 1 unspecified atom stereocenters. The van der Waals surface area contributed by atoms with Crippen molar-refractivity contribution in [2.24, 2.45) is 0 Å². The molecule has 18 heavy (non-hydrogen) atoms. The Morgan fingerprint density at radius 3 is 3.22 bits per heavy atom. The number of aromatic nitrogens is 2. The van der Waals surface area contributed by atoms with E-state index in [1.165, 1.54) is 0 Å². The summed E-state index contributed by atoms with van der Waals surface area (Å²) in [5.41, 5.74) is 0. The highest BCUT2D eigenvalue weighted by Gasteiger charge is 2.23. The third kappa shape index (κ3) is 2.30. The summed E-state index contributed by atoms with van der Waals surface area (Å²) in [6.45, 7) is 2.78. The number of nitrogens with one attached hydrogen (secondary N) is 1. The fraction of sp³-hybridized carbons (Fsp3) is 0.500. The summed E-state index contributed by atoms with van der Waals surface area (Å²) in [5, 5.41) is 7.20. The molecule has 1 fully saturated rings. The first-order valence-corrected chi connectivity index (χ1v) is 6.11. The molecule has 2 aromatic rings. The van der Waals surface area contributed by atoms with Crippen LogP contribution in [-0.4, -0.2) is 41.2 Å². The summed E-state index contributed by atoms with van der Waals surface area (Å²) in [4.78, 5) is 6.64. The Morgan fingerprint density at radius 2 is 2.50 bits per heavy atom. The summed E-state index contributed by atoms with van der Waals surface area (Å²) >= 11 is 0. The third-order valence-electron chi connectivity index (χ3n) is 3.25. The lowest BCUT2D eigenvalue weighted by Crippen LogP contribution is -2.29. The van der Waals surface area contributed by atoms with E-state index in [9.17, 15) is 0 Å². The van der Waals surface area contributed by atoms with E-state index >= 15 is 0 Å². The standard InChI is InChI=1S/C12H16N4O2/c1-13-9-4-5-16(7-9)8-11-14-12(15-18-11)10-3-2-6-17-10/h2-3,6,9,13H,4-5,7-8H2,1H3. The van der Waals surface area contributed by atoms with E-state index in [2.05, 4.69) is 20.4 Å². The van der Waals surface area contributed by atoms with Gasteiger partial charge in [-0.05, 0) is 25.6 Å². The second kappa shape index (κ2) is 4.91. The van der Waals surface area contributed by atoms with E-state index in [1.807, 2.05) is 19.2 Å². The van der Waals surface area contributed by atoms with Crippen LogP contribution in [0.3, 0.4) is 0 Å². The SMILES string of the molecule is CNC1CCN(Cc2nc(-c3ccco3)no2)C1. The first kappa shape index (κ1) is 11.4. The smallest absolute Gasteiger partial charge is 0.241 e. The zero-order valence-electron chi connectivity index (χ0n) is 10.3. The van der Waals surface area contributed by atoms with Gasteiger partial charge in [-0.1, -0.05) is 5.16 Å². The average Bonchev–Trinajstić information content (AvgIpc) is 3.10. The van der Waals surface area contributed by atoms with Crippen molar-refractivity contribution in [3.8, 4) is 11.6 Å². The second-order valence-corrected chi connectivity index (χ2v) is 4.50. The zero-order chi connectivity index (χ0) is 12.4. The number of hydrogen-bond donors (Lipinski definition) is 1. The molecule has 0 aliphatic carbocycles. The molecule has 6 heteroatoms. The van der Waals surface area contributed by atoms with E-state index in [4.69, 9.17) is 8.94 Å². The molecule has 1 aliphatic rings. The van der Waals surface area contributed by atoms with Crippen LogP contribution in [-0.2, 0) is 6.54 Å². The van der Waals surface area contributed by atoms with Crippen LogP contribution in [0.25, 0.3) is 11.6 Å². The normalized spacial score (nSPS) is 20.6. The zero-order valence-corrected chi connectivity index (χ0v) is 10.3. The average molecular weight is 248 g/mol. The molecule has 0 radical (unpaired) electrons.